The van der Waals surface area contributed by atoms with Crippen molar-refractivity contribution in [3.05, 3.63) is 69.8 Å². The summed E-state index contributed by atoms with van der Waals surface area (Å²) in [5.41, 5.74) is -0.606. The first-order valence-corrected chi connectivity index (χ1v) is 11.5. The summed E-state index contributed by atoms with van der Waals surface area (Å²) in [5.74, 6) is 0. The van der Waals surface area contributed by atoms with Crippen molar-refractivity contribution in [1.82, 2.24) is 0 Å². The van der Waals surface area contributed by atoms with Crippen LogP contribution in [0.3, 0.4) is 0 Å². The van der Waals surface area contributed by atoms with Crippen LogP contribution in [-0.2, 0) is 7.48 Å². The topological polar surface area (TPSA) is 233 Å². The molecule has 0 atom stereocenters. The van der Waals surface area contributed by atoms with Gasteiger partial charge in [-0.15, -0.1) is 0 Å². The fourth-order valence-electron chi connectivity index (χ4n) is 0.650. The molecule has 2 aromatic rings. The zero-order valence-electron chi connectivity index (χ0n) is 12.9. The molecule has 142 valence electrons. The molecule has 0 saturated carbocycles. The van der Waals surface area contributed by atoms with Gasteiger partial charge in [0.15, 0.2) is 0 Å². The molecule has 2 heterocycles. The first kappa shape index (κ1) is 38.7. The van der Waals surface area contributed by atoms with Crippen LogP contribution in [0.4, 0.5) is 0 Å². The molecule has 0 fully saturated rings. The van der Waals surface area contributed by atoms with Gasteiger partial charge in [0.25, 0.3) is 0 Å². The minimum Gasteiger partial charge on any atom is -0.431 e. The van der Waals surface area contributed by atoms with Gasteiger partial charge in [0.1, 0.15) is 0 Å². The zero-order chi connectivity index (χ0) is 19.2. The molecule has 0 unspecified atom stereocenters. The Balaban J connectivity index is -0.0000000780. The summed E-state index contributed by atoms with van der Waals surface area (Å²) in [6.07, 6.45) is 2.70. The SMILES string of the molecule is O=[As]([O-])([O-])[O-].O=[As]([O-])([O-])[O-].O=c1cccco1.O=c1cccco1.[Pb+2].[Pb+2].[Pb+2]. The third kappa shape index (κ3) is 58.4. The Morgan fingerprint density at radius 2 is 0.815 bits per heavy atom. The van der Waals surface area contributed by atoms with Gasteiger partial charge in [-0.3, -0.25) is 0 Å². The smallest absolute Gasteiger partial charge is 0.431 e. The van der Waals surface area contributed by atoms with E-state index in [0.29, 0.717) is 0 Å². The van der Waals surface area contributed by atoms with Crippen molar-refractivity contribution in [2.24, 2.45) is 0 Å². The third-order valence-electron chi connectivity index (χ3n) is 1.21. The predicted molar refractivity (Wildman–Crippen MR) is 80.1 cm³/mol. The van der Waals surface area contributed by atoms with Crippen molar-refractivity contribution in [3.8, 4) is 0 Å². The molecule has 0 amide bonds. The molecule has 2 rings (SSSR count). The van der Waals surface area contributed by atoms with E-state index in [9.17, 15) is 9.59 Å². The van der Waals surface area contributed by atoms with Crippen molar-refractivity contribution in [2.75, 3.05) is 0 Å². The molecule has 0 saturated heterocycles. The van der Waals surface area contributed by atoms with E-state index in [1.54, 1.807) is 24.3 Å². The van der Waals surface area contributed by atoms with Crippen molar-refractivity contribution >= 4 is 111 Å². The van der Waals surface area contributed by atoms with Gasteiger partial charge in [0, 0.05) is 12.1 Å². The van der Waals surface area contributed by atoms with Gasteiger partial charge in [-0.05, 0) is 12.1 Å². The van der Waals surface area contributed by atoms with Crippen LogP contribution in [0.15, 0.2) is 67.3 Å². The maximum Gasteiger partial charge on any atom is 2.00 e. The molecule has 0 aromatic carbocycles. The molecule has 0 aliphatic rings. The van der Waals surface area contributed by atoms with E-state index in [2.05, 4.69) is 8.83 Å². The largest absolute Gasteiger partial charge is 2.00 e. The van der Waals surface area contributed by atoms with Gasteiger partial charge in [-0.2, -0.15) is 0 Å². The van der Waals surface area contributed by atoms with Gasteiger partial charge in [-0.1, -0.05) is 12.1 Å². The Bertz CT molecular complexity index is 651. The van der Waals surface area contributed by atoms with Crippen molar-refractivity contribution in [3.63, 3.8) is 0 Å². The van der Waals surface area contributed by atoms with Crippen LogP contribution >= 0.6 is 0 Å². The van der Waals surface area contributed by atoms with E-state index >= 15 is 0 Å². The van der Waals surface area contributed by atoms with Gasteiger partial charge < -0.3 is 8.83 Å². The fraction of sp³-hybridized carbons (Fsp3) is 0. The second-order valence-corrected chi connectivity index (χ2v) is 6.90. The summed E-state index contributed by atoms with van der Waals surface area (Å²) in [5, 5.41) is 0. The van der Waals surface area contributed by atoms with E-state index in [0.717, 1.165) is 0 Å². The van der Waals surface area contributed by atoms with Gasteiger partial charge in [0.2, 0.25) is 0 Å². The normalized spacial score (nSPS) is 8.81. The second kappa shape index (κ2) is 21.8. The van der Waals surface area contributed by atoms with E-state index in [1.807, 2.05) is 0 Å². The minimum atomic E-state index is -5.88. The number of rotatable bonds is 0. The van der Waals surface area contributed by atoms with E-state index in [-0.39, 0.29) is 93.1 Å². The van der Waals surface area contributed by atoms with Crippen LogP contribution in [0.25, 0.3) is 0 Å². The molecule has 6 radical (unpaired) electrons. The van der Waals surface area contributed by atoms with Crippen LogP contribution in [0.1, 0.15) is 0 Å². The Labute approximate surface area is 218 Å². The van der Waals surface area contributed by atoms with E-state index < -0.39 is 29.0 Å². The van der Waals surface area contributed by atoms with Crippen molar-refractivity contribution in [2.45, 2.75) is 0 Å². The zero-order valence-corrected chi connectivity index (χ0v) is 28.3. The van der Waals surface area contributed by atoms with Gasteiger partial charge >= 0.3 is 154 Å². The Morgan fingerprint density at radius 3 is 0.889 bits per heavy atom. The van der Waals surface area contributed by atoms with Crippen molar-refractivity contribution < 1.29 is 40.9 Å². The van der Waals surface area contributed by atoms with E-state index in [4.69, 9.17) is 32.1 Å². The average molecular weight is 1090 g/mol. The summed E-state index contributed by atoms with van der Waals surface area (Å²) in [6.45, 7) is 0. The molecule has 0 aliphatic heterocycles. The number of hydrogen-bond donors (Lipinski definition) is 0. The standard InChI is InChI=1S/2C5H4O2.2AsH3O4.3Pb/c2*6-5-3-1-2-4-7-5;2*2-1(3,4)5;;;/h2*1-4H;2*(H3,2,3,4,5);;;/q;;;;3*+2/p-6. The third-order valence-corrected chi connectivity index (χ3v) is 1.21. The molecule has 12 nitrogen and oxygen atoms in total. The molecular weight excluding hydrogens is 1080 g/mol. The average Bonchev–Trinajstić information content (AvgIpc) is 2.37. The summed E-state index contributed by atoms with van der Waals surface area (Å²) >= 11 is -11.8. The van der Waals surface area contributed by atoms with Crippen LogP contribution < -0.4 is 35.8 Å². The van der Waals surface area contributed by atoms with Gasteiger partial charge in [-0.25, -0.2) is 9.59 Å². The second-order valence-electron chi connectivity index (χ2n) is 3.14. The molecule has 0 N–H and O–H groups in total. The fourth-order valence-corrected chi connectivity index (χ4v) is 0.650. The summed E-state index contributed by atoms with van der Waals surface area (Å²) in [4.78, 5) is 20.2. The maximum atomic E-state index is 10.1. The maximum absolute atomic E-state index is 10.1. The number of hydrogen-bond acceptors (Lipinski definition) is 12. The van der Waals surface area contributed by atoms with Gasteiger partial charge in [0.05, 0.1) is 12.5 Å². The molecule has 27 heavy (non-hydrogen) atoms. The predicted octanol–water partition coefficient (Wildman–Crippen LogP) is -8.00. The van der Waals surface area contributed by atoms with Crippen LogP contribution in [0, 0.1) is 0 Å². The van der Waals surface area contributed by atoms with Crippen LogP contribution in [0.2, 0.25) is 0 Å². The molecule has 0 spiro atoms. The Morgan fingerprint density at radius 1 is 0.593 bits per heavy atom. The van der Waals surface area contributed by atoms with Crippen molar-refractivity contribution in [1.29, 1.82) is 0 Å². The quantitative estimate of drug-likeness (QED) is 0.224. The van der Waals surface area contributed by atoms with Crippen LogP contribution in [0.5, 0.6) is 0 Å². The Kier molecular flexibility index (Phi) is 31.3. The minimum absolute atomic E-state index is 0. The van der Waals surface area contributed by atoms with E-state index in [1.165, 1.54) is 24.7 Å². The molecule has 2 aromatic heterocycles. The molecule has 0 aliphatic carbocycles. The first-order chi connectivity index (χ1) is 10.8. The Hall–Kier alpha value is 1.14. The van der Waals surface area contributed by atoms with Crippen LogP contribution in [-0.4, -0.2) is 111 Å². The monoisotopic (exact) mass is 1090 g/mol. The molecule has 0 bridgehead atoms. The summed E-state index contributed by atoms with van der Waals surface area (Å²) < 4.78 is 77.6. The first-order valence-electron chi connectivity index (χ1n) is 5.33. The molecule has 17 heteroatoms. The summed E-state index contributed by atoms with van der Waals surface area (Å²) in [6, 6.07) is 9.29. The summed E-state index contributed by atoms with van der Waals surface area (Å²) in [7, 11) is 0. The molecular formula is C10H8As2O12Pb3.